The standard InChI is InChI=1S/C18H18BrN5OS/c1-11-3-5-13(6-4-11)16-22-23-18(24(16)20)26-12(2)17(25)21-15-9-7-14(19)8-10-15/h3-10,12H,20H2,1-2H3,(H,21,25). The number of hydrogen-bond acceptors (Lipinski definition) is 5. The van der Waals surface area contributed by atoms with Crippen LogP contribution in [-0.2, 0) is 4.79 Å². The molecule has 0 saturated carbocycles. The van der Waals surface area contributed by atoms with Crippen LogP contribution in [0.5, 0.6) is 0 Å². The summed E-state index contributed by atoms with van der Waals surface area (Å²) in [5, 5.41) is 11.3. The number of rotatable bonds is 5. The van der Waals surface area contributed by atoms with Crippen molar-refractivity contribution in [2.75, 3.05) is 11.2 Å². The Morgan fingerprint density at radius 3 is 2.46 bits per heavy atom. The van der Waals surface area contributed by atoms with E-state index in [4.69, 9.17) is 5.84 Å². The van der Waals surface area contributed by atoms with Crippen LogP contribution in [0, 0.1) is 6.92 Å². The summed E-state index contributed by atoms with van der Waals surface area (Å²) in [7, 11) is 0. The molecule has 3 aromatic rings. The number of anilines is 1. The van der Waals surface area contributed by atoms with Gasteiger partial charge >= 0.3 is 0 Å². The molecule has 0 aliphatic rings. The molecule has 0 radical (unpaired) electrons. The minimum absolute atomic E-state index is 0.128. The Bertz CT molecular complexity index is 908. The lowest BCUT2D eigenvalue weighted by molar-refractivity contribution is -0.115. The third kappa shape index (κ3) is 4.25. The highest BCUT2D eigenvalue weighted by Crippen LogP contribution is 2.25. The number of benzene rings is 2. The molecule has 0 saturated heterocycles. The summed E-state index contributed by atoms with van der Waals surface area (Å²) in [6.07, 6.45) is 0. The van der Waals surface area contributed by atoms with Gasteiger partial charge in [0.15, 0.2) is 5.82 Å². The molecule has 2 aromatic carbocycles. The van der Waals surface area contributed by atoms with E-state index in [1.165, 1.54) is 16.4 Å². The largest absolute Gasteiger partial charge is 0.335 e. The number of aromatic nitrogens is 3. The maximum atomic E-state index is 12.4. The number of carbonyl (C=O) groups is 1. The van der Waals surface area contributed by atoms with Crippen molar-refractivity contribution in [1.29, 1.82) is 0 Å². The van der Waals surface area contributed by atoms with Gasteiger partial charge in [-0.25, -0.2) is 4.68 Å². The number of halogens is 1. The molecule has 8 heteroatoms. The molecular weight excluding hydrogens is 414 g/mol. The van der Waals surface area contributed by atoms with Gasteiger partial charge in [0.25, 0.3) is 0 Å². The summed E-state index contributed by atoms with van der Waals surface area (Å²) in [5.74, 6) is 6.56. The maximum Gasteiger partial charge on any atom is 0.237 e. The molecule has 6 nitrogen and oxygen atoms in total. The van der Waals surface area contributed by atoms with Gasteiger partial charge in [0.05, 0.1) is 5.25 Å². The minimum atomic E-state index is -0.379. The number of thioether (sulfide) groups is 1. The SMILES string of the molecule is Cc1ccc(-c2nnc(SC(C)C(=O)Nc3ccc(Br)cc3)n2N)cc1. The fraction of sp³-hybridized carbons (Fsp3) is 0.167. The fourth-order valence-electron chi connectivity index (χ4n) is 2.25. The Balaban J connectivity index is 1.69. The number of nitrogens with zero attached hydrogens (tertiary/aromatic N) is 3. The van der Waals surface area contributed by atoms with Crippen LogP contribution in [0.1, 0.15) is 12.5 Å². The van der Waals surface area contributed by atoms with Crippen molar-refractivity contribution in [3.8, 4) is 11.4 Å². The highest BCUT2D eigenvalue weighted by molar-refractivity contribution is 9.10. The van der Waals surface area contributed by atoms with Crippen LogP contribution in [0.2, 0.25) is 0 Å². The molecule has 0 spiro atoms. The molecule has 0 bridgehead atoms. The Hall–Kier alpha value is -2.32. The van der Waals surface area contributed by atoms with E-state index in [1.54, 1.807) is 6.92 Å². The molecule has 1 amide bonds. The second kappa shape index (κ2) is 7.92. The van der Waals surface area contributed by atoms with Crippen LogP contribution in [0.4, 0.5) is 5.69 Å². The van der Waals surface area contributed by atoms with E-state index in [0.29, 0.717) is 11.0 Å². The molecule has 0 aliphatic carbocycles. The zero-order chi connectivity index (χ0) is 18.7. The second-order valence-corrected chi connectivity index (χ2v) is 8.02. The number of carbonyl (C=O) groups excluding carboxylic acids is 1. The van der Waals surface area contributed by atoms with E-state index >= 15 is 0 Å². The summed E-state index contributed by atoms with van der Waals surface area (Å²) in [6.45, 7) is 3.82. The second-order valence-electron chi connectivity index (χ2n) is 5.80. The molecule has 3 N–H and O–H groups in total. The van der Waals surface area contributed by atoms with Gasteiger partial charge in [-0.3, -0.25) is 4.79 Å². The number of hydrogen-bond donors (Lipinski definition) is 2. The molecule has 1 heterocycles. The lowest BCUT2D eigenvalue weighted by Crippen LogP contribution is -2.23. The quantitative estimate of drug-likeness (QED) is 0.473. The summed E-state index contributed by atoms with van der Waals surface area (Å²) in [5.41, 5.74) is 2.77. The van der Waals surface area contributed by atoms with Crippen molar-refractivity contribution in [2.45, 2.75) is 24.3 Å². The Labute approximate surface area is 164 Å². The summed E-state index contributed by atoms with van der Waals surface area (Å²) >= 11 is 4.63. The predicted molar refractivity (Wildman–Crippen MR) is 108 cm³/mol. The Morgan fingerprint density at radius 2 is 1.81 bits per heavy atom. The predicted octanol–water partition coefficient (Wildman–Crippen LogP) is 3.85. The normalized spacial score (nSPS) is 12.0. The number of nitrogens with two attached hydrogens (primary N) is 1. The van der Waals surface area contributed by atoms with E-state index in [2.05, 4.69) is 31.4 Å². The van der Waals surface area contributed by atoms with Crippen LogP contribution in [0.3, 0.4) is 0 Å². The molecule has 3 rings (SSSR count). The van der Waals surface area contributed by atoms with Crippen molar-refractivity contribution < 1.29 is 4.79 Å². The zero-order valence-electron chi connectivity index (χ0n) is 14.3. The van der Waals surface area contributed by atoms with Crippen molar-refractivity contribution in [3.63, 3.8) is 0 Å². The summed E-state index contributed by atoms with van der Waals surface area (Å²) in [6, 6.07) is 15.3. The first-order valence-electron chi connectivity index (χ1n) is 7.94. The lowest BCUT2D eigenvalue weighted by atomic mass is 10.1. The van der Waals surface area contributed by atoms with Crippen molar-refractivity contribution >= 4 is 39.3 Å². The Morgan fingerprint density at radius 1 is 1.15 bits per heavy atom. The first-order chi connectivity index (χ1) is 12.4. The minimum Gasteiger partial charge on any atom is -0.335 e. The van der Waals surface area contributed by atoms with Crippen LogP contribution < -0.4 is 11.2 Å². The van der Waals surface area contributed by atoms with Gasteiger partial charge in [0, 0.05) is 15.7 Å². The lowest BCUT2D eigenvalue weighted by Gasteiger charge is -2.11. The van der Waals surface area contributed by atoms with E-state index in [1.807, 2.05) is 55.5 Å². The molecule has 0 aliphatic heterocycles. The number of nitrogens with one attached hydrogen (secondary N) is 1. The van der Waals surface area contributed by atoms with E-state index in [-0.39, 0.29) is 11.2 Å². The van der Waals surface area contributed by atoms with Gasteiger partial charge in [0.2, 0.25) is 11.1 Å². The van der Waals surface area contributed by atoms with E-state index < -0.39 is 0 Å². The number of aryl methyl sites for hydroxylation is 1. The first-order valence-corrected chi connectivity index (χ1v) is 9.62. The van der Waals surface area contributed by atoms with E-state index in [9.17, 15) is 4.79 Å². The monoisotopic (exact) mass is 431 g/mol. The molecule has 1 atom stereocenters. The van der Waals surface area contributed by atoms with Gasteiger partial charge in [-0.2, -0.15) is 0 Å². The van der Waals surface area contributed by atoms with Crippen molar-refractivity contribution in [2.24, 2.45) is 0 Å². The average Bonchev–Trinajstić information content (AvgIpc) is 2.98. The third-order valence-electron chi connectivity index (χ3n) is 3.74. The highest BCUT2D eigenvalue weighted by atomic mass is 79.9. The average molecular weight is 432 g/mol. The number of nitrogen functional groups attached to an aromatic ring is 1. The highest BCUT2D eigenvalue weighted by Gasteiger charge is 2.20. The van der Waals surface area contributed by atoms with Crippen LogP contribution in [0.25, 0.3) is 11.4 Å². The summed E-state index contributed by atoms with van der Waals surface area (Å²) < 4.78 is 2.37. The van der Waals surface area contributed by atoms with Gasteiger partial charge < -0.3 is 11.2 Å². The molecule has 1 aromatic heterocycles. The topological polar surface area (TPSA) is 85.8 Å². The van der Waals surface area contributed by atoms with Crippen LogP contribution in [0.15, 0.2) is 58.2 Å². The fourth-order valence-corrected chi connectivity index (χ4v) is 3.28. The van der Waals surface area contributed by atoms with Crippen LogP contribution in [-0.4, -0.2) is 26.0 Å². The van der Waals surface area contributed by atoms with E-state index in [0.717, 1.165) is 21.3 Å². The van der Waals surface area contributed by atoms with Crippen molar-refractivity contribution in [3.05, 3.63) is 58.6 Å². The van der Waals surface area contributed by atoms with Crippen molar-refractivity contribution in [1.82, 2.24) is 14.9 Å². The Kier molecular flexibility index (Phi) is 5.63. The van der Waals surface area contributed by atoms with Gasteiger partial charge in [-0.05, 0) is 38.1 Å². The van der Waals surface area contributed by atoms with Crippen LogP contribution >= 0.6 is 27.7 Å². The van der Waals surface area contributed by atoms with Gasteiger partial charge in [-0.1, -0.05) is 57.5 Å². The maximum absolute atomic E-state index is 12.4. The van der Waals surface area contributed by atoms with Gasteiger partial charge in [-0.15, -0.1) is 10.2 Å². The smallest absolute Gasteiger partial charge is 0.237 e. The zero-order valence-corrected chi connectivity index (χ0v) is 16.7. The number of amides is 1. The molecule has 1 unspecified atom stereocenters. The third-order valence-corrected chi connectivity index (χ3v) is 5.32. The first kappa shape index (κ1) is 18.5. The van der Waals surface area contributed by atoms with Gasteiger partial charge in [0.1, 0.15) is 0 Å². The molecular formula is C18H18BrN5OS. The summed E-state index contributed by atoms with van der Waals surface area (Å²) in [4.78, 5) is 12.4. The molecule has 0 fully saturated rings. The molecule has 26 heavy (non-hydrogen) atoms. The molecule has 134 valence electrons.